The van der Waals surface area contributed by atoms with E-state index in [2.05, 4.69) is 52.0 Å². The van der Waals surface area contributed by atoms with Crippen molar-refractivity contribution in [1.29, 1.82) is 0 Å². The topological polar surface area (TPSA) is 27.7 Å². The zero-order valence-corrected chi connectivity index (χ0v) is 18.4. The molecule has 0 aromatic heterocycles. The molecule has 0 unspecified atom stereocenters. The van der Waals surface area contributed by atoms with Gasteiger partial charge in [-0.15, -0.1) is 0 Å². The van der Waals surface area contributed by atoms with E-state index in [1.807, 2.05) is 24.3 Å². The van der Waals surface area contributed by atoms with Crippen LogP contribution in [0.2, 0.25) is 0 Å². The van der Waals surface area contributed by atoms with E-state index < -0.39 is 12.4 Å². The molecule has 0 bridgehead atoms. The number of hydrogen-bond donors (Lipinski definition) is 0. The van der Waals surface area contributed by atoms with E-state index in [0.29, 0.717) is 5.66 Å². The minimum absolute atomic E-state index is 0.404. The molecule has 0 aliphatic carbocycles. The second kappa shape index (κ2) is 7.11. The maximum atomic E-state index is 7.23. The van der Waals surface area contributed by atoms with Gasteiger partial charge in [-0.1, -0.05) is 0 Å². The summed E-state index contributed by atoms with van der Waals surface area (Å²) in [6.45, 7) is 7.13. The van der Waals surface area contributed by atoms with Crippen LogP contribution in [0.15, 0.2) is 48.5 Å². The van der Waals surface area contributed by atoms with Gasteiger partial charge in [0, 0.05) is 0 Å². The van der Waals surface area contributed by atoms with Crippen molar-refractivity contribution in [3.8, 4) is 11.5 Å². The van der Waals surface area contributed by atoms with Crippen LogP contribution in [0.3, 0.4) is 0 Å². The summed E-state index contributed by atoms with van der Waals surface area (Å²) < 4.78 is 18.0. The maximum absolute atomic E-state index is 7.23. The zero-order valence-electron chi connectivity index (χ0n) is 17.5. The normalized spacial score (nSPS) is 23.5. The number of ether oxygens (including phenoxy) is 2. The fraction of sp³-hybridized carbons (Fsp3) is 0.478. The Balaban J connectivity index is 2.16. The molecule has 1 fully saturated rings. The van der Waals surface area contributed by atoms with Crippen molar-refractivity contribution in [2.75, 3.05) is 32.7 Å². The molecule has 27 heavy (non-hydrogen) atoms. The third-order valence-electron chi connectivity index (χ3n) is 7.27. The van der Waals surface area contributed by atoms with Gasteiger partial charge in [-0.25, -0.2) is 0 Å². The van der Waals surface area contributed by atoms with Gasteiger partial charge in [0.15, 0.2) is 0 Å². The van der Waals surface area contributed by atoms with E-state index in [1.54, 1.807) is 14.2 Å². The van der Waals surface area contributed by atoms with Crippen molar-refractivity contribution < 1.29 is 14.0 Å². The molecule has 1 atom stereocenters. The molecule has 0 saturated carbocycles. The SMILES string of the molecule is CCP1(CC)(CC)OC(c2ccc(OC)cc2)(c2ccc(OC)cc2)[C@@H]1C. The van der Waals surface area contributed by atoms with Gasteiger partial charge in [0.2, 0.25) is 0 Å². The van der Waals surface area contributed by atoms with Crippen molar-refractivity contribution in [3.63, 3.8) is 0 Å². The van der Waals surface area contributed by atoms with Crippen molar-refractivity contribution in [1.82, 2.24) is 0 Å². The van der Waals surface area contributed by atoms with E-state index in [1.165, 1.54) is 11.1 Å². The van der Waals surface area contributed by atoms with Gasteiger partial charge < -0.3 is 0 Å². The predicted molar refractivity (Wildman–Crippen MR) is 116 cm³/mol. The molecule has 0 spiro atoms. The molecule has 0 N–H and O–H groups in total. The van der Waals surface area contributed by atoms with E-state index in [-0.39, 0.29) is 0 Å². The summed E-state index contributed by atoms with van der Waals surface area (Å²) in [6.07, 6.45) is 3.40. The summed E-state index contributed by atoms with van der Waals surface area (Å²) in [5.41, 5.74) is 2.47. The first-order valence-corrected chi connectivity index (χ1v) is 12.7. The van der Waals surface area contributed by atoms with Gasteiger partial charge in [0.1, 0.15) is 0 Å². The molecular formula is C23H33O3P. The Morgan fingerprint density at radius 1 is 0.778 bits per heavy atom. The Kier molecular flexibility index (Phi) is 5.31. The van der Waals surface area contributed by atoms with Crippen LogP contribution >= 0.6 is 6.83 Å². The second-order valence-electron chi connectivity index (χ2n) is 7.62. The van der Waals surface area contributed by atoms with Crippen LogP contribution in [-0.4, -0.2) is 38.4 Å². The summed E-state index contributed by atoms with van der Waals surface area (Å²) in [5.74, 6) is 1.74. The molecule has 1 heterocycles. The molecule has 2 aromatic carbocycles. The molecule has 1 saturated heterocycles. The second-order valence-corrected chi connectivity index (χ2v) is 13.9. The number of hydrogen-bond acceptors (Lipinski definition) is 3. The van der Waals surface area contributed by atoms with Crippen molar-refractivity contribution in [2.24, 2.45) is 0 Å². The molecule has 1 aliphatic rings. The van der Waals surface area contributed by atoms with Crippen LogP contribution in [0, 0.1) is 0 Å². The molecule has 3 rings (SSSR count). The van der Waals surface area contributed by atoms with E-state index >= 15 is 0 Å². The van der Waals surface area contributed by atoms with Crippen molar-refractivity contribution in [3.05, 3.63) is 59.7 Å². The Morgan fingerprint density at radius 3 is 1.41 bits per heavy atom. The van der Waals surface area contributed by atoms with Gasteiger partial charge in [-0.3, -0.25) is 0 Å². The number of rotatable bonds is 7. The first kappa shape index (κ1) is 20.2. The average molecular weight is 388 g/mol. The van der Waals surface area contributed by atoms with Crippen molar-refractivity contribution in [2.45, 2.75) is 39.0 Å². The fourth-order valence-corrected chi connectivity index (χ4v) is 10.9. The van der Waals surface area contributed by atoms with Crippen LogP contribution in [0.1, 0.15) is 38.8 Å². The monoisotopic (exact) mass is 388 g/mol. The Morgan fingerprint density at radius 2 is 1.15 bits per heavy atom. The number of benzene rings is 2. The summed E-state index contributed by atoms with van der Waals surface area (Å²) in [5, 5.41) is 0. The summed E-state index contributed by atoms with van der Waals surface area (Å²) in [7, 11) is 3.41. The van der Waals surface area contributed by atoms with Gasteiger partial charge in [-0.05, 0) is 0 Å². The zero-order chi connectivity index (χ0) is 19.7. The number of methoxy groups -OCH3 is 2. The first-order valence-electron chi connectivity index (χ1n) is 9.95. The third kappa shape index (κ3) is 2.70. The van der Waals surface area contributed by atoms with Gasteiger partial charge in [0.05, 0.1) is 0 Å². The first-order chi connectivity index (χ1) is 12.9. The van der Waals surface area contributed by atoms with Crippen LogP contribution in [-0.2, 0) is 10.1 Å². The van der Waals surface area contributed by atoms with Crippen LogP contribution in [0.25, 0.3) is 0 Å². The van der Waals surface area contributed by atoms with Crippen molar-refractivity contribution >= 4 is 6.83 Å². The van der Waals surface area contributed by atoms with Crippen LogP contribution in [0.5, 0.6) is 11.5 Å². The standard InChI is InChI=1S/C23H33O3P/c1-7-27(8-2,9-3)18(4)23(26-27,19-10-14-21(24-5)15-11-19)20-12-16-22(25-6)17-13-20/h10-18H,7-9H2,1-6H3/t18-/m0/s1. The molecule has 2 aromatic rings. The van der Waals surface area contributed by atoms with E-state index in [0.717, 1.165) is 30.0 Å². The molecular weight excluding hydrogens is 355 g/mol. The Bertz CT molecular complexity index is 720. The quantitative estimate of drug-likeness (QED) is 0.553. The molecule has 0 amide bonds. The Labute approximate surface area is 164 Å². The van der Waals surface area contributed by atoms with E-state index in [4.69, 9.17) is 14.0 Å². The summed E-state index contributed by atoms with van der Waals surface area (Å²) in [6, 6.07) is 16.8. The average Bonchev–Trinajstić information content (AvgIpc) is 2.75. The van der Waals surface area contributed by atoms with Gasteiger partial charge in [0.25, 0.3) is 0 Å². The minimum atomic E-state index is -2.21. The van der Waals surface area contributed by atoms with Gasteiger partial charge >= 0.3 is 164 Å². The molecule has 0 radical (unpaired) electrons. The fourth-order valence-electron chi connectivity index (χ4n) is 5.07. The third-order valence-corrected chi connectivity index (χ3v) is 14.9. The van der Waals surface area contributed by atoms with Crippen LogP contribution in [0.4, 0.5) is 0 Å². The summed E-state index contributed by atoms with van der Waals surface area (Å²) >= 11 is 0. The summed E-state index contributed by atoms with van der Waals surface area (Å²) in [4.78, 5) is 0. The van der Waals surface area contributed by atoms with Crippen LogP contribution < -0.4 is 9.47 Å². The molecule has 148 valence electrons. The van der Waals surface area contributed by atoms with E-state index in [9.17, 15) is 0 Å². The Hall–Kier alpha value is -1.57. The predicted octanol–water partition coefficient (Wildman–Crippen LogP) is 5.89. The molecule has 4 heteroatoms. The van der Waals surface area contributed by atoms with Gasteiger partial charge in [-0.2, -0.15) is 0 Å². The molecule has 3 nitrogen and oxygen atoms in total. The molecule has 1 aliphatic heterocycles.